The van der Waals surface area contributed by atoms with Crippen molar-refractivity contribution in [2.45, 2.75) is 68.3 Å². The number of nitrogens with one attached hydrogen (secondary N) is 1. The van der Waals surface area contributed by atoms with Gasteiger partial charge < -0.3 is 55.3 Å². The number of amides is 1. The van der Waals surface area contributed by atoms with E-state index in [2.05, 4.69) is 5.32 Å². The summed E-state index contributed by atoms with van der Waals surface area (Å²) in [5.74, 6) is -0.574. The quantitative estimate of drug-likeness (QED) is 0.226. The van der Waals surface area contributed by atoms with Gasteiger partial charge in [-0.1, -0.05) is 0 Å². The van der Waals surface area contributed by atoms with Crippen molar-refractivity contribution in [3.05, 3.63) is 0 Å². The Labute approximate surface area is 148 Å². The zero-order valence-electron chi connectivity index (χ0n) is 14.0. The maximum Gasteiger partial charge on any atom is 0.217 e. The van der Waals surface area contributed by atoms with Crippen LogP contribution in [0.25, 0.3) is 0 Å². The molecule has 2 rings (SSSR count). The molecule has 2 fully saturated rings. The fourth-order valence-electron chi connectivity index (χ4n) is 2.97. The van der Waals surface area contributed by atoms with Gasteiger partial charge in [-0.2, -0.15) is 0 Å². The molecule has 2 saturated heterocycles. The van der Waals surface area contributed by atoms with Crippen molar-refractivity contribution < 1.29 is 54.8 Å². The number of hydrogen-bond donors (Lipinski definition) is 8. The molecule has 10 atom stereocenters. The highest BCUT2D eigenvalue weighted by Crippen LogP contribution is 2.28. The van der Waals surface area contributed by atoms with Gasteiger partial charge in [0.1, 0.15) is 48.8 Å². The standard InChI is InChI=1S/C14H25NO11/c1-4(18)15-7-12(9(20)6(3-17)24-13(7)23)26-14-11(22)10(21)8(19)5(2-16)25-14/h5-14,16-17,19-23H,2-3H2,1H3,(H,15,18)/t5-,6-,7-,8+,9-,10+,11-,12-,13?,14-/m1/s1. The predicted octanol–water partition coefficient (Wildman–Crippen LogP) is -5.25. The number of rotatable bonds is 5. The Morgan fingerprint density at radius 3 is 2.04 bits per heavy atom. The molecule has 2 aliphatic rings. The van der Waals surface area contributed by atoms with Crippen LogP contribution in [0.5, 0.6) is 0 Å². The average Bonchev–Trinajstić information content (AvgIpc) is 2.60. The lowest BCUT2D eigenvalue weighted by Gasteiger charge is -2.46. The van der Waals surface area contributed by atoms with Crippen LogP contribution in [0.3, 0.4) is 0 Å². The first-order valence-electron chi connectivity index (χ1n) is 8.06. The van der Waals surface area contributed by atoms with Crippen LogP contribution in [-0.2, 0) is 19.0 Å². The summed E-state index contributed by atoms with van der Waals surface area (Å²) >= 11 is 0. The smallest absolute Gasteiger partial charge is 0.217 e. The first kappa shape index (κ1) is 21.4. The Morgan fingerprint density at radius 1 is 0.923 bits per heavy atom. The van der Waals surface area contributed by atoms with Crippen molar-refractivity contribution in [1.82, 2.24) is 5.32 Å². The van der Waals surface area contributed by atoms with Gasteiger partial charge in [-0.3, -0.25) is 4.79 Å². The molecule has 1 amide bonds. The van der Waals surface area contributed by atoms with E-state index in [9.17, 15) is 40.5 Å². The molecule has 0 aromatic rings. The third kappa shape index (κ3) is 4.31. The highest BCUT2D eigenvalue weighted by Gasteiger charge is 2.50. The van der Waals surface area contributed by atoms with E-state index >= 15 is 0 Å². The summed E-state index contributed by atoms with van der Waals surface area (Å²) in [4.78, 5) is 11.4. The molecule has 12 heteroatoms. The molecule has 0 saturated carbocycles. The zero-order chi connectivity index (χ0) is 19.6. The monoisotopic (exact) mass is 383 g/mol. The maximum absolute atomic E-state index is 11.4. The summed E-state index contributed by atoms with van der Waals surface area (Å²) in [6.07, 6.45) is -13.7. The Kier molecular flexibility index (Phi) is 7.27. The van der Waals surface area contributed by atoms with Crippen LogP contribution in [0.2, 0.25) is 0 Å². The minimum absolute atomic E-state index is 0.574. The summed E-state index contributed by atoms with van der Waals surface area (Å²) in [5.41, 5.74) is 0. The molecule has 0 aliphatic carbocycles. The number of aliphatic hydroxyl groups excluding tert-OH is 7. The normalized spacial score (nSPS) is 46.8. The van der Waals surface area contributed by atoms with Crippen LogP contribution < -0.4 is 5.32 Å². The van der Waals surface area contributed by atoms with Gasteiger partial charge in [0, 0.05) is 6.92 Å². The topological polar surface area (TPSA) is 198 Å². The van der Waals surface area contributed by atoms with E-state index in [-0.39, 0.29) is 0 Å². The van der Waals surface area contributed by atoms with E-state index < -0.39 is 80.5 Å². The Morgan fingerprint density at radius 2 is 1.50 bits per heavy atom. The molecule has 0 radical (unpaired) electrons. The van der Waals surface area contributed by atoms with Gasteiger partial charge in [-0.25, -0.2) is 0 Å². The van der Waals surface area contributed by atoms with Crippen molar-refractivity contribution >= 4 is 5.91 Å². The van der Waals surface area contributed by atoms with E-state index in [0.717, 1.165) is 6.92 Å². The molecule has 0 bridgehead atoms. The lowest BCUT2D eigenvalue weighted by atomic mass is 9.95. The summed E-state index contributed by atoms with van der Waals surface area (Å²) in [6.45, 7) is -0.195. The van der Waals surface area contributed by atoms with Gasteiger partial charge in [0.2, 0.25) is 5.91 Å². The van der Waals surface area contributed by atoms with Crippen molar-refractivity contribution in [3.8, 4) is 0 Å². The van der Waals surface area contributed by atoms with Crippen molar-refractivity contribution in [2.75, 3.05) is 13.2 Å². The summed E-state index contributed by atoms with van der Waals surface area (Å²) in [6, 6.07) is -1.28. The molecular formula is C14H25NO11. The third-order valence-corrected chi connectivity index (χ3v) is 4.38. The highest BCUT2D eigenvalue weighted by molar-refractivity contribution is 5.73. The van der Waals surface area contributed by atoms with Crippen LogP contribution in [0, 0.1) is 0 Å². The fourth-order valence-corrected chi connectivity index (χ4v) is 2.97. The van der Waals surface area contributed by atoms with E-state index in [1.54, 1.807) is 0 Å². The molecule has 8 N–H and O–H groups in total. The van der Waals surface area contributed by atoms with Gasteiger partial charge in [0.05, 0.1) is 13.2 Å². The van der Waals surface area contributed by atoms with E-state index in [1.807, 2.05) is 0 Å². The highest BCUT2D eigenvalue weighted by atomic mass is 16.7. The van der Waals surface area contributed by atoms with Crippen LogP contribution in [-0.4, -0.2) is 116 Å². The first-order chi connectivity index (χ1) is 12.2. The Balaban J connectivity index is 2.21. The number of carbonyl (C=O) groups is 1. The molecule has 26 heavy (non-hydrogen) atoms. The van der Waals surface area contributed by atoms with Gasteiger partial charge in [-0.05, 0) is 0 Å². The van der Waals surface area contributed by atoms with Gasteiger partial charge in [0.15, 0.2) is 12.6 Å². The van der Waals surface area contributed by atoms with Crippen molar-refractivity contribution in [1.29, 1.82) is 0 Å². The fraction of sp³-hybridized carbons (Fsp3) is 0.929. The largest absolute Gasteiger partial charge is 0.394 e. The third-order valence-electron chi connectivity index (χ3n) is 4.38. The Bertz CT molecular complexity index is 478. The second-order valence-corrected chi connectivity index (χ2v) is 6.26. The molecule has 12 nitrogen and oxygen atoms in total. The molecule has 2 heterocycles. The Hall–Kier alpha value is -0.930. The number of ether oxygens (including phenoxy) is 3. The van der Waals surface area contributed by atoms with Crippen molar-refractivity contribution in [2.24, 2.45) is 0 Å². The lowest BCUT2D eigenvalue weighted by Crippen LogP contribution is -2.67. The molecular weight excluding hydrogens is 358 g/mol. The maximum atomic E-state index is 11.4. The number of aliphatic hydroxyl groups is 7. The number of carbonyl (C=O) groups excluding carboxylic acids is 1. The molecule has 0 aromatic carbocycles. The second kappa shape index (κ2) is 8.84. The SMILES string of the molecule is CC(=O)N[C@H]1C(O)O[C@H](CO)[C@@H](O)[C@@H]1O[C@H]1O[C@H](CO)[C@H](O)[C@H](O)[C@H]1O. The average molecular weight is 383 g/mol. The van der Waals surface area contributed by atoms with Gasteiger partial charge >= 0.3 is 0 Å². The lowest BCUT2D eigenvalue weighted by molar-refractivity contribution is -0.341. The zero-order valence-corrected chi connectivity index (χ0v) is 14.0. The number of hydrogen-bond acceptors (Lipinski definition) is 11. The van der Waals surface area contributed by atoms with E-state index in [0.29, 0.717) is 0 Å². The summed E-state index contributed by atoms with van der Waals surface area (Å²) in [7, 11) is 0. The van der Waals surface area contributed by atoms with Crippen LogP contribution >= 0.6 is 0 Å². The minimum Gasteiger partial charge on any atom is -0.394 e. The minimum atomic E-state index is -1.74. The molecule has 152 valence electrons. The van der Waals surface area contributed by atoms with Gasteiger partial charge in [0.25, 0.3) is 0 Å². The van der Waals surface area contributed by atoms with E-state index in [4.69, 9.17) is 14.2 Å². The molecule has 0 aromatic heterocycles. The predicted molar refractivity (Wildman–Crippen MR) is 80.2 cm³/mol. The molecule has 0 spiro atoms. The van der Waals surface area contributed by atoms with Crippen LogP contribution in [0.4, 0.5) is 0 Å². The second-order valence-electron chi connectivity index (χ2n) is 6.26. The molecule has 2 aliphatic heterocycles. The molecule has 1 unspecified atom stereocenters. The first-order valence-corrected chi connectivity index (χ1v) is 8.06. The van der Waals surface area contributed by atoms with Crippen LogP contribution in [0.15, 0.2) is 0 Å². The van der Waals surface area contributed by atoms with Gasteiger partial charge in [-0.15, -0.1) is 0 Å². The van der Waals surface area contributed by atoms with E-state index in [1.165, 1.54) is 0 Å². The summed E-state index contributed by atoms with van der Waals surface area (Å²) < 4.78 is 15.7. The van der Waals surface area contributed by atoms with Crippen LogP contribution in [0.1, 0.15) is 6.92 Å². The summed E-state index contributed by atoms with van der Waals surface area (Å²) in [5, 5.41) is 70.7. The van der Waals surface area contributed by atoms with Crippen molar-refractivity contribution in [3.63, 3.8) is 0 Å².